The summed E-state index contributed by atoms with van der Waals surface area (Å²) in [6, 6.07) is 0.954. The topological polar surface area (TPSA) is 34.6 Å². The Morgan fingerprint density at radius 1 is 1.48 bits per heavy atom. The number of hydrogen-bond acceptors (Lipinski definition) is 4. The lowest BCUT2D eigenvalue weighted by atomic mass is 10.2. The molecule has 1 aliphatic rings. The summed E-state index contributed by atoms with van der Waals surface area (Å²) in [5.74, 6) is 0.434. The molecule has 2 rings (SSSR count). The maximum Gasteiger partial charge on any atom is 0.417 e. The summed E-state index contributed by atoms with van der Waals surface area (Å²) in [5, 5.41) is 0. The highest BCUT2D eigenvalue weighted by atomic mass is 79.9. The van der Waals surface area contributed by atoms with E-state index in [-0.39, 0.29) is 12.1 Å². The van der Waals surface area contributed by atoms with Crippen LogP contribution in [0.1, 0.15) is 12.5 Å². The van der Waals surface area contributed by atoms with E-state index in [4.69, 9.17) is 9.47 Å². The van der Waals surface area contributed by atoms with Gasteiger partial charge in [0.25, 0.3) is 0 Å². The molecule has 2 unspecified atom stereocenters. The molecular formula is C13H16BrF3N2O2. The van der Waals surface area contributed by atoms with E-state index < -0.39 is 11.7 Å². The van der Waals surface area contributed by atoms with Gasteiger partial charge in [0.1, 0.15) is 11.9 Å². The molecule has 1 aliphatic heterocycles. The van der Waals surface area contributed by atoms with Crippen molar-refractivity contribution >= 4 is 21.7 Å². The number of alkyl halides is 3. The number of pyridine rings is 1. The van der Waals surface area contributed by atoms with Gasteiger partial charge in [-0.25, -0.2) is 4.98 Å². The van der Waals surface area contributed by atoms with Crippen molar-refractivity contribution in [1.29, 1.82) is 0 Å². The predicted octanol–water partition coefficient (Wildman–Crippen LogP) is 3.10. The van der Waals surface area contributed by atoms with Crippen LogP contribution in [0, 0.1) is 0 Å². The van der Waals surface area contributed by atoms with Crippen molar-refractivity contribution in [3.05, 3.63) is 22.3 Å². The van der Waals surface area contributed by atoms with Crippen molar-refractivity contribution in [1.82, 2.24) is 4.98 Å². The number of rotatable bonds is 4. The van der Waals surface area contributed by atoms with E-state index in [1.807, 2.05) is 6.92 Å². The molecule has 0 amide bonds. The van der Waals surface area contributed by atoms with Crippen molar-refractivity contribution in [2.24, 2.45) is 0 Å². The Kier molecular flexibility index (Phi) is 5.11. The van der Waals surface area contributed by atoms with Gasteiger partial charge in [-0.2, -0.15) is 13.2 Å². The summed E-state index contributed by atoms with van der Waals surface area (Å²) in [4.78, 5) is 5.72. The molecule has 4 nitrogen and oxygen atoms in total. The molecule has 0 N–H and O–H groups in total. The van der Waals surface area contributed by atoms with E-state index in [2.05, 4.69) is 20.9 Å². The fourth-order valence-corrected chi connectivity index (χ4v) is 2.89. The van der Waals surface area contributed by atoms with Crippen LogP contribution in [0.5, 0.6) is 0 Å². The SMILES string of the molecule is CCOC1COCC1N(C)c1ncc(C(F)(F)F)cc1Br. The van der Waals surface area contributed by atoms with E-state index in [0.717, 1.165) is 12.3 Å². The minimum atomic E-state index is -4.41. The lowest BCUT2D eigenvalue weighted by Gasteiger charge is -2.29. The van der Waals surface area contributed by atoms with Gasteiger partial charge in [0.2, 0.25) is 0 Å². The fourth-order valence-electron chi connectivity index (χ4n) is 2.26. The maximum absolute atomic E-state index is 12.6. The Bertz CT molecular complexity index is 499. The molecule has 1 fully saturated rings. The molecule has 0 saturated carbocycles. The first-order chi connectivity index (χ1) is 9.84. The van der Waals surface area contributed by atoms with Gasteiger partial charge in [0, 0.05) is 19.9 Å². The second kappa shape index (κ2) is 6.50. The smallest absolute Gasteiger partial charge is 0.376 e. The Hall–Kier alpha value is -0.860. The van der Waals surface area contributed by atoms with Gasteiger partial charge >= 0.3 is 6.18 Å². The van der Waals surface area contributed by atoms with Crippen LogP contribution >= 0.6 is 15.9 Å². The molecule has 2 heterocycles. The molecule has 1 aromatic rings. The molecule has 0 aromatic carbocycles. The van der Waals surface area contributed by atoms with Crippen LogP contribution in [0.15, 0.2) is 16.7 Å². The number of likely N-dealkylation sites (N-methyl/N-ethyl adjacent to an activating group) is 1. The van der Waals surface area contributed by atoms with Gasteiger partial charge in [0.15, 0.2) is 0 Å². The van der Waals surface area contributed by atoms with E-state index in [9.17, 15) is 13.2 Å². The Labute approximate surface area is 129 Å². The molecule has 0 bridgehead atoms. The number of halogens is 4. The molecule has 0 aliphatic carbocycles. The van der Waals surface area contributed by atoms with Gasteiger partial charge in [-0.15, -0.1) is 0 Å². The highest BCUT2D eigenvalue weighted by Crippen LogP contribution is 2.34. The van der Waals surface area contributed by atoms with Crippen LogP contribution in [0.4, 0.5) is 19.0 Å². The number of hydrogen-bond donors (Lipinski definition) is 0. The van der Waals surface area contributed by atoms with E-state index >= 15 is 0 Å². The average Bonchev–Trinajstić information content (AvgIpc) is 2.85. The lowest BCUT2D eigenvalue weighted by molar-refractivity contribution is -0.137. The van der Waals surface area contributed by atoms with Crippen LogP contribution < -0.4 is 4.90 Å². The van der Waals surface area contributed by atoms with Crippen LogP contribution in [-0.2, 0) is 15.7 Å². The van der Waals surface area contributed by atoms with Crippen molar-refractivity contribution in [2.45, 2.75) is 25.2 Å². The van der Waals surface area contributed by atoms with Gasteiger partial charge in [-0.3, -0.25) is 0 Å². The third-order valence-corrected chi connectivity index (χ3v) is 3.94. The normalized spacial score (nSPS) is 22.6. The van der Waals surface area contributed by atoms with Gasteiger partial charge in [0.05, 0.1) is 29.3 Å². The summed E-state index contributed by atoms with van der Waals surface area (Å²) in [6.07, 6.45) is -3.69. The predicted molar refractivity (Wildman–Crippen MR) is 75.4 cm³/mol. The van der Waals surface area contributed by atoms with Gasteiger partial charge < -0.3 is 14.4 Å². The van der Waals surface area contributed by atoms with Crippen molar-refractivity contribution in [3.63, 3.8) is 0 Å². The number of nitrogens with zero attached hydrogens (tertiary/aromatic N) is 2. The lowest BCUT2D eigenvalue weighted by Crippen LogP contribution is -2.42. The molecule has 2 atom stereocenters. The van der Waals surface area contributed by atoms with E-state index in [0.29, 0.717) is 30.1 Å². The number of anilines is 1. The van der Waals surface area contributed by atoms with E-state index in [1.54, 1.807) is 11.9 Å². The third kappa shape index (κ3) is 3.67. The first-order valence-corrected chi connectivity index (χ1v) is 7.28. The Balaban J connectivity index is 2.21. The van der Waals surface area contributed by atoms with Crippen LogP contribution in [0.2, 0.25) is 0 Å². The summed E-state index contributed by atoms with van der Waals surface area (Å²) in [5.41, 5.74) is -0.782. The summed E-state index contributed by atoms with van der Waals surface area (Å²) in [6.45, 7) is 3.37. The molecule has 8 heteroatoms. The highest BCUT2D eigenvalue weighted by molar-refractivity contribution is 9.10. The first-order valence-electron chi connectivity index (χ1n) is 6.49. The molecule has 21 heavy (non-hydrogen) atoms. The molecule has 1 aromatic heterocycles. The fraction of sp³-hybridized carbons (Fsp3) is 0.615. The molecule has 1 saturated heterocycles. The van der Waals surface area contributed by atoms with Crippen LogP contribution in [0.3, 0.4) is 0 Å². The molecular weight excluding hydrogens is 353 g/mol. The Morgan fingerprint density at radius 2 is 2.19 bits per heavy atom. The maximum atomic E-state index is 12.6. The zero-order valence-electron chi connectivity index (χ0n) is 11.7. The Morgan fingerprint density at radius 3 is 2.76 bits per heavy atom. The van der Waals surface area contributed by atoms with Gasteiger partial charge in [-0.05, 0) is 28.9 Å². The summed E-state index contributed by atoms with van der Waals surface area (Å²) < 4.78 is 49.2. The summed E-state index contributed by atoms with van der Waals surface area (Å²) >= 11 is 3.16. The van der Waals surface area contributed by atoms with Crippen molar-refractivity contribution < 1.29 is 22.6 Å². The zero-order valence-corrected chi connectivity index (χ0v) is 13.2. The first kappa shape index (κ1) is 16.5. The average molecular weight is 369 g/mol. The largest absolute Gasteiger partial charge is 0.417 e. The minimum Gasteiger partial charge on any atom is -0.376 e. The zero-order chi connectivity index (χ0) is 15.6. The third-order valence-electron chi connectivity index (χ3n) is 3.36. The second-order valence-corrected chi connectivity index (χ2v) is 5.59. The monoisotopic (exact) mass is 368 g/mol. The standard InChI is InChI=1S/C13H16BrF3N2O2/c1-3-21-11-7-20-6-10(11)19(2)12-9(14)4-8(5-18-12)13(15,16)17/h4-5,10-11H,3,6-7H2,1-2H3. The molecule has 0 spiro atoms. The van der Waals surface area contributed by atoms with Crippen molar-refractivity contribution in [2.75, 3.05) is 31.8 Å². The molecule has 0 radical (unpaired) electrons. The number of aromatic nitrogens is 1. The van der Waals surface area contributed by atoms with Crippen molar-refractivity contribution in [3.8, 4) is 0 Å². The molecule has 118 valence electrons. The van der Waals surface area contributed by atoms with Gasteiger partial charge in [-0.1, -0.05) is 0 Å². The minimum absolute atomic E-state index is 0.0783. The van der Waals surface area contributed by atoms with Crippen LogP contribution in [-0.4, -0.2) is 44.0 Å². The van der Waals surface area contributed by atoms with E-state index in [1.165, 1.54) is 0 Å². The summed E-state index contributed by atoms with van der Waals surface area (Å²) in [7, 11) is 1.77. The highest BCUT2D eigenvalue weighted by Gasteiger charge is 2.35. The number of ether oxygens (including phenoxy) is 2. The van der Waals surface area contributed by atoms with Crippen LogP contribution in [0.25, 0.3) is 0 Å². The quantitative estimate of drug-likeness (QED) is 0.817. The second-order valence-electron chi connectivity index (χ2n) is 4.74.